The van der Waals surface area contributed by atoms with Crippen LogP contribution in [0.3, 0.4) is 0 Å². The summed E-state index contributed by atoms with van der Waals surface area (Å²) < 4.78 is 54.5. The molecule has 1 unspecified atom stereocenters. The van der Waals surface area contributed by atoms with E-state index in [1.54, 1.807) is 0 Å². The predicted molar refractivity (Wildman–Crippen MR) is 84.8 cm³/mol. The van der Waals surface area contributed by atoms with Gasteiger partial charge < -0.3 is 5.73 Å². The third-order valence-electron chi connectivity index (χ3n) is 3.70. The molecule has 4 nitrogen and oxygen atoms in total. The van der Waals surface area contributed by atoms with Crippen LogP contribution in [0.4, 0.5) is 17.6 Å². The van der Waals surface area contributed by atoms with Crippen LogP contribution in [0, 0.1) is 11.6 Å². The van der Waals surface area contributed by atoms with Crippen molar-refractivity contribution in [1.82, 2.24) is 9.55 Å². The Hall–Kier alpha value is -2.74. The van der Waals surface area contributed by atoms with Gasteiger partial charge in [-0.2, -0.15) is 0 Å². The Morgan fingerprint density at radius 1 is 1.12 bits per heavy atom. The van der Waals surface area contributed by atoms with Crippen LogP contribution in [0.15, 0.2) is 41.2 Å². The van der Waals surface area contributed by atoms with Crippen LogP contribution in [0.2, 0.25) is 0 Å². The Morgan fingerprint density at radius 3 is 2.32 bits per heavy atom. The van der Waals surface area contributed by atoms with E-state index in [9.17, 15) is 22.4 Å². The summed E-state index contributed by atoms with van der Waals surface area (Å²) in [6, 6.07) is 5.50. The molecule has 1 heterocycles. The van der Waals surface area contributed by atoms with Gasteiger partial charge in [0.05, 0.1) is 22.6 Å². The fourth-order valence-corrected chi connectivity index (χ4v) is 2.65. The second-order valence-corrected chi connectivity index (χ2v) is 5.57. The molecule has 2 aromatic carbocycles. The van der Waals surface area contributed by atoms with Gasteiger partial charge in [-0.1, -0.05) is 12.1 Å². The zero-order valence-corrected chi connectivity index (χ0v) is 13.0. The van der Waals surface area contributed by atoms with Gasteiger partial charge in [0.25, 0.3) is 12.0 Å². The summed E-state index contributed by atoms with van der Waals surface area (Å²) in [6.45, 7) is 1.49. The van der Waals surface area contributed by atoms with Gasteiger partial charge in [-0.3, -0.25) is 9.36 Å². The molecule has 0 saturated heterocycles. The summed E-state index contributed by atoms with van der Waals surface area (Å²) in [5, 5.41) is -0.0909. The van der Waals surface area contributed by atoms with Crippen molar-refractivity contribution in [2.45, 2.75) is 19.4 Å². The first-order valence-electron chi connectivity index (χ1n) is 7.35. The Labute approximate surface area is 139 Å². The van der Waals surface area contributed by atoms with Crippen LogP contribution in [-0.2, 0) is 0 Å². The van der Waals surface area contributed by atoms with E-state index in [0.29, 0.717) is 6.07 Å². The molecule has 0 bridgehead atoms. The smallest absolute Gasteiger partial charge is 0.266 e. The number of benzene rings is 2. The SMILES string of the molecule is CC(N)c1nc2c(C(F)F)cccc2c(=O)n1-c1cc(F)cc(F)c1. The normalized spacial score (nSPS) is 12.8. The average molecular weight is 351 g/mol. The van der Waals surface area contributed by atoms with Crippen molar-refractivity contribution in [3.63, 3.8) is 0 Å². The molecule has 8 heteroatoms. The number of nitrogens with zero attached hydrogens (tertiary/aromatic N) is 2. The molecule has 0 radical (unpaired) electrons. The van der Waals surface area contributed by atoms with Gasteiger partial charge in [0, 0.05) is 11.6 Å². The fourth-order valence-electron chi connectivity index (χ4n) is 2.65. The highest BCUT2D eigenvalue weighted by Gasteiger charge is 2.20. The minimum atomic E-state index is -2.83. The summed E-state index contributed by atoms with van der Waals surface area (Å²) in [4.78, 5) is 16.9. The third kappa shape index (κ3) is 3.00. The Kier molecular flexibility index (Phi) is 4.30. The Morgan fingerprint density at radius 2 is 1.76 bits per heavy atom. The minimum Gasteiger partial charge on any atom is -0.322 e. The van der Waals surface area contributed by atoms with Crippen molar-refractivity contribution in [2.24, 2.45) is 5.73 Å². The Bertz CT molecular complexity index is 994. The Balaban J connectivity index is 2.45. The molecule has 0 amide bonds. The van der Waals surface area contributed by atoms with E-state index in [1.165, 1.54) is 19.1 Å². The van der Waals surface area contributed by atoms with Crippen LogP contribution in [0.25, 0.3) is 16.6 Å². The first-order chi connectivity index (χ1) is 11.8. The van der Waals surface area contributed by atoms with Crippen LogP contribution in [-0.4, -0.2) is 9.55 Å². The number of halogens is 4. The van der Waals surface area contributed by atoms with Crippen LogP contribution in [0.1, 0.15) is 30.8 Å². The van der Waals surface area contributed by atoms with Crippen molar-refractivity contribution >= 4 is 10.9 Å². The van der Waals surface area contributed by atoms with E-state index in [1.807, 2.05) is 0 Å². The van der Waals surface area contributed by atoms with Gasteiger partial charge in [-0.15, -0.1) is 0 Å². The highest BCUT2D eigenvalue weighted by molar-refractivity contribution is 5.81. The highest BCUT2D eigenvalue weighted by atomic mass is 19.3. The molecule has 0 spiro atoms. The molecular formula is C17H13F4N3O. The lowest BCUT2D eigenvalue weighted by Gasteiger charge is -2.17. The number of aromatic nitrogens is 2. The minimum absolute atomic E-state index is 0.0735. The lowest BCUT2D eigenvalue weighted by atomic mass is 10.1. The quantitative estimate of drug-likeness (QED) is 0.733. The lowest BCUT2D eigenvalue weighted by Crippen LogP contribution is -2.28. The highest BCUT2D eigenvalue weighted by Crippen LogP contribution is 2.26. The van der Waals surface area contributed by atoms with Crippen molar-refractivity contribution in [2.75, 3.05) is 0 Å². The maximum atomic E-state index is 13.6. The van der Waals surface area contributed by atoms with Gasteiger partial charge in [-0.05, 0) is 25.1 Å². The molecule has 0 saturated carbocycles. The van der Waals surface area contributed by atoms with E-state index < -0.39 is 35.2 Å². The number of fused-ring (bicyclic) bond motifs is 1. The van der Waals surface area contributed by atoms with Crippen LogP contribution < -0.4 is 11.3 Å². The van der Waals surface area contributed by atoms with Crippen molar-refractivity contribution in [3.05, 3.63) is 69.8 Å². The monoisotopic (exact) mass is 351 g/mol. The lowest BCUT2D eigenvalue weighted by molar-refractivity contribution is 0.153. The van der Waals surface area contributed by atoms with Gasteiger partial charge in [0.2, 0.25) is 0 Å². The first kappa shape index (κ1) is 17.1. The molecule has 2 N–H and O–H groups in total. The summed E-state index contributed by atoms with van der Waals surface area (Å²) in [5.41, 5.74) is 4.38. The molecular weight excluding hydrogens is 338 g/mol. The summed E-state index contributed by atoms with van der Waals surface area (Å²) >= 11 is 0. The van der Waals surface area contributed by atoms with Crippen molar-refractivity contribution in [3.8, 4) is 5.69 Å². The third-order valence-corrected chi connectivity index (χ3v) is 3.70. The summed E-state index contributed by atoms with van der Waals surface area (Å²) in [5.74, 6) is -1.85. The van der Waals surface area contributed by atoms with Crippen LogP contribution >= 0.6 is 0 Å². The maximum Gasteiger partial charge on any atom is 0.266 e. The number of rotatable bonds is 3. The zero-order valence-electron chi connectivity index (χ0n) is 13.0. The molecule has 0 aliphatic rings. The van der Waals surface area contributed by atoms with Crippen molar-refractivity contribution in [1.29, 1.82) is 0 Å². The zero-order chi connectivity index (χ0) is 18.3. The molecule has 25 heavy (non-hydrogen) atoms. The molecule has 0 aliphatic carbocycles. The summed E-state index contributed by atoms with van der Waals surface area (Å²) in [7, 11) is 0. The topological polar surface area (TPSA) is 60.9 Å². The number of hydrogen-bond donors (Lipinski definition) is 1. The number of para-hydroxylation sites is 1. The largest absolute Gasteiger partial charge is 0.322 e. The number of alkyl halides is 2. The first-order valence-corrected chi connectivity index (χ1v) is 7.35. The predicted octanol–water partition coefficient (Wildman–Crippen LogP) is 3.62. The van der Waals surface area contributed by atoms with Gasteiger partial charge >= 0.3 is 0 Å². The van der Waals surface area contributed by atoms with E-state index >= 15 is 0 Å². The van der Waals surface area contributed by atoms with Gasteiger partial charge in [-0.25, -0.2) is 22.5 Å². The molecule has 130 valence electrons. The number of hydrogen-bond acceptors (Lipinski definition) is 3. The molecule has 3 rings (SSSR count). The average Bonchev–Trinajstić information content (AvgIpc) is 2.52. The van der Waals surface area contributed by atoms with Crippen LogP contribution in [0.5, 0.6) is 0 Å². The van der Waals surface area contributed by atoms with Crippen molar-refractivity contribution < 1.29 is 17.6 Å². The van der Waals surface area contributed by atoms with Gasteiger partial charge in [0.1, 0.15) is 17.5 Å². The van der Waals surface area contributed by atoms with E-state index in [-0.39, 0.29) is 22.4 Å². The summed E-state index contributed by atoms with van der Waals surface area (Å²) in [6.07, 6.45) is -2.83. The van der Waals surface area contributed by atoms with E-state index in [2.05, 4.69) is 4.98 Å². The van der Waals surface area contributed by atoms with Gasteiger partial charge in [0.15, 0.2) is 0 Å². The standard InChI is InChI=1S/C17H13F4N3O/c1-8(22)16-23-14-12(15(20)21)3-2-4-13(14)17(25)24(16)11-6-9(18)5-10(19)7-11/h2-8,15H,22H2,1H3. The molecule has 1 atom stereocenters. The molecule has 1 aromatic heterocycles. The van der Waals surface area contributed by atoms with E-state index in [4.69, 9.17) is 5.73 Å². The second kappa shape index (κ2) is 6.29. The van der Waals surface area contributed by atoms with E-state index in [0.717, 1.165) is 22.8 Å². The molecule has 0 aliphatic heterocycles. The number of nitrogens with two attached hydrogens (primary N) is 1. The molecule has 0 fully saturated rings. The second-order valence-electron chi connectivity index (χ2n) is 5.57. The molecule has 3 aromatic rings. The fraction of sp³-hybridized carbons (Fsp3) is 0.176. The maximum absolute atomic E-state index is 13.6.